The van der Waals surface area contributed by atoms with Gasteiger partial charge in [0.05, 0.1) is 11.9 Å². The Labute approximate surface area is 82.7 Å². The van der Waals surface area contributed by atoms with Gasteiger partial charge in [-0.15, -0.1) is 0 Å². The van der Waals surface area contributed by atoms with Crippen LogP contribution in [0.4, 0.5) is 0 Å². The number of carboxylic acids is 2. The van der Waals surface area contributed by atoms with Crippen molar-refractivity contribution >= 4 is 11.9 Å². The van der Waals surface area contributed by atoms with Gasteiger partial charge in [0.2, 0.25) is 0 Å². The molecule has 0 fully saturated rings. The summed E-state index contributed by atoms with van der Waals surface area (Å²) in [5.41, 5.74) is 9.02. The van der Waals surface area contributed by atoms with Crippen LogP contribution in [0, 0.1) is 0 Å². The van der Waals surface area contributed by atoms with Crippen molar-refractivity contribution in [1.82, 2.24) is 0 Å². The predicted molar refractivity (Wildman–Crippen MR) is 28.1 cm³/mol. The molecule has 0 amide bonds. The van der Waals surface area contributed by atoms with E-state index < -0.39 is 11.9 Å². The fourth-order valence-corrected chi connectivity index (χ4v) is 0. The second-order valence-corrected chi connectivity index (χ2v) is 1.15. The van der Waals surface area contributed by atoms with E-state index in [0.717, 1.165) is 0 Å². The molecule has 4 N–H and O–H groups in total. The topological polar surface area (TPSA) is 132 Å². The molecule has 0 aliphatic carbocycles. The van der Waals surface area contributed by atoms with E-state index in [2.05, 4.69) is 11.5 Å². The Kier molecular flexibility index (Phi) is 19.2. The molecule has 0 aliphatic heterocycles. The monoisotopic (exact) mass is 238 g/mol. The van der Waals surface area contributed by atoms with Crippen molar-refractivity contribution in [3.8, 4) is 0 Å². The molecule has 11 heavy (non-hydrogen) atoms. The average Bonchev–Trinajstić information content (AvgIpc) is 1.89. The minimum atomic E-state index is -1.22. The number of aliphatic carboxylic acids is 2. The zero-order valence-corrected chi connectivity index (χ0v) is 8.16. The molecule has 0 aromatic heterocycles. The molecule has 0 aliphatic rings. The second-order valence-electron chi connectivity index (χ2n) is 1.15. The molecular weight excluding hydrogens is 231 g/mol. The van der Waals surface area contributed by atoms with E-state index in [0.29, 0.717) is 0 Å². The molecule has 7 heteroatoms. The summed E-state index contributed by atoms with van der Waals surface area (Å²) in [6, 6.07) is 0. The largest absolute Gasteiger partial charge is 2.00 e. The first kappa shape index (κ1) is 17.0. The predicted octanol–water partition coefficient (Wildman–Crippen LogP) is -4.61. The number of nitrogens with two attached hydrogens (primary N) is 2. The standard InChI is InChI=1S/2C2H5NO2.Zr/c2*3-1-2(4)5;/h2*1,3H2,(H,4,5);/q;;+2/p-2. The number of hydrogen-bond acceptors (Lipinski definition) is 6. The summed E-state index contributed by atoms with van der Waals surface area (Å²) in [4.78, 5) is 18.3. The summed E-state index contributed by atoms with van der Waals surface area (Å²) in [6.07, 6.45) is 0. The van der Waals surface area contributed by atoms with Crippen LogP contribution < -0.4 is 21.7 Å². The van der Waals surface area contributed by atoms with Gasteiger partial charge in [0, 0.05) is 13.1 Å². The quantitative estimate of drug-likeness (QED) is 0.498. The van der Waals surface area contributed by atoms with Crippen molar-refractivity contribution < 1.29 is 46.0 Å². The average molecular weight is 239 g/mol. The SMILES string of the molecule is NCC(=O)[O-].NCC(=O)[O-].[Zr+2]. The Bertz CT molecular complexity index is 105. The van der Waals surface area contributed by atoms with Gasteiger partial charge in [-0.3, -0.25) is 0 Å². The van der Waals surface area contributed by atoms with Gasteiger partial charge < -0.3 is 31.3 Å². The van der Waals surface area contributed by atoms with E-state index >= 15 is 0 Å². The Morgan fingerprint density at radius 3 is 1.09 bits per heavy atom. The molecule has 0 heterocycles. The number of carboxylic acid groups (broad SMARTS) is 2. The minimum Gasteiger partial charge on any atom is -0.549 e. The first-order valence-electron chi connectivity index (χ1n) is 2.34. The van der Waals surface area contributed by atoms with Crippen molar-refractivity contribution in [2.24, 2.45) is 11.5 Å². The summed E-state index contributed by atoms with van der Waals surface area (Å²) in [7, 11) is 0. The Morgan fingerprint density at radius 1 is 1.00 bits per heavy atom. The Balaban J connectivity index is -0.000000107. The van der Waals surface area contributed by atoms with Gasteiger partial charge in [-0.05, 0) is 0 Å². The van der Waals surface area contributed by atoms with E-state index in [1.54, 1.807) is 0 Å². The van der Waals surface area contributed by atoms with E-state index in [1.807, 2.05) is 0 Å². The fraction of sp³-hybridized carbons (Fsp3) is 0.500. The molecule has 0 saturated carbocycles. The van der Waals surface area contributed by atoms with Gasteiger partial charge in [-0.1, -0.05) is 0 Å². The van der Waals surface area contributed by atoms with Gasteiger partial charge in [0.1, 0.15) is 0 Å². The maximum absolute atomic E-state index is 9.13. The summed E-state index contributed by atoms with van der Waals surface area (Å²) in [5, 5.41) is 18.3. The fourth-order valence-electron chi connectivity index (χ4n) is 0. The molecule has 0 rings (SSSR count). The second kappa shape index (κ2) is 12.4. The third-order valence-corrected chi connectivity index (χ3v) is 0.333. The molecule has 0 atom stereocenters. The van der Waals surface area contributed by atoms with Crippen LogP contribution in [0.25, 0.3) is 0 Å². The number of rotatable bonds is 2. The first-order chi connectivity index (χ1) is 4.54. The van der Waals surface area contributed by atoms with Crippen LogP contribution in [0.2, 0.25) is 0 Å². The van der Waals surface area contributed by atoms with Crippen molar-refractivity contribution in [1.29, 1.82) is 0 Å². The molecule has 0 spiro atoms. The van der Waals surface area contributed by atoms with Crippen LogP contribution in [-0.4, -0.2) is 25.0 Å². The van der Waals surface area contributed by atoms with E-state index in [1.165, 1.54) is 0 Å². The van der Waals surface area contributed by atoms with E-state index in [9.17, 15) is 0 Å². The van der Waals surface area contributed by atoms with Crippen LogP contribution in [0.5, 0.6) is 0 Å². The molecule has 0 aromatic rings. The summed E-state index contributed by atoms with van der Waals surface area (Å²) >= 11 is 0. The molecule has 0 aromatic carbocycles. The summed E-state index contributed by atoms with van der Waals surface area (Å²) in [6.45, 7) is -0.778. The van der Waals surface area contributed by atoms with Gasteiger partial charge in [-0.25, -0.2) is 0 Å². The molecule has 0 bridgehead atoms. The van der Waals surface area contributed by atoms with Crippen molar-refractivity contribution in [3.05, 3.63) is 0 Å². The third kappa shape index (κ3) is 41.7. The van der Waals surface area contributed by atoms with Crippen molar-refractivity contribution in [2.75, 3.05) is 13.1 Å². The Morgan fingerprint density at radius 2 is 1.09 bits per heavy atom. The summed E-state index contributed by atoms with van der Waals surface area (Å²) < 4.78 is 0. The molecular formula is C4H8N2O4Zr. The van der Waals surface area contributed by atoms with Crippen LogP contribution in [-0.2, 0) is 35.8 Å². The molecule has 0 saturated heterocycles. The van der Waals surface area contributed by atoms with Gasteiger partial charge in [-0.2, -0.15) is 0 Å². The molecule has 0 unspecified atom stereocenters. The minimum absolute atomic E-state index is 0. The van der Waals surface area contributed by atoms with Crippen LogP contribution in [0.1, 0.15) is 0 Å². The maximum atomic E-state index is 9.13. The maximum Gasteiger partial charge on any atom is 2.00 e. The normalized spacial score (nSPS) is 6.73. The van der Waals surface area contributed by atoms with Crippen LogP contribution in [0.3, 0.4) is 0 Å². The first-order valence-corrected chi connectivity index (χ1v) is 2.34. The van der Waals surface area contributed by atoms with E-state index in [4.69, 9.17) is 19.8 Å². The van der Waals surface area contributed by atoms with Crippen molar-refractivity contribution in [3.63, 3.8) is 0 Å². The zero-order chi connectivity index (χ0) is 8.57. The molecule has 62 valence electrons. The van der Waals surface area contributed by atoms with Crippen molar-refractivity contribution in [2.45, 2.75) is 0 Å². The molecule has 6 nitrogen and oxygen atoms in total. The van der Waals surface area contributed by atoms with E-state index in [-0.39, 0.29) is 39.3 Å². The number of carbonyl (C=O) groups is 2. The van der Waals surface area contributed by atoms with Gasteiger partial charge in [0.15, 0.2) is 0 Å². The summed E-state index contributed by atoms with van der Waals surface area (Å²) in [5.74, 6) is -2.44. The zero-order valence-electron chi connectivity index (χ0n) is 5.70. The number of hydrogen-bond donors (Lipinski definition) is 2. The van der Waals surface area contributed by atoms with Crippen LogP contribution in [0.15, 0.2) is 0 Å². The number of carbonyl (C=O) groups excluding carboxylic acids is 2. The smallest absolute Gasteiger partial charge is 0.549 e. The third-order valence-electron chi connectivity index (χ3n) is 0.333. The van der Waals surface area contributed by atoms with Gasteiger partial charge >= 0.3 is 26.2 Å². The Hall–Kier alpha value is -0.257. The van der Waals surface area contributed by atoms with Crippen LogP contribution >= 0.6 is 0 Å². The molecule has 0 radical (unpaired) electrons. The van der Waals surface area contributed by atoms with Gasteiger partial charge in [0.25, 0.3) is 0 Å².